The standard InChI is InChI=1S/C22H16FN5S/c1-13-6-7-14(10-18(13)23)25-21-16-4-2-3-5-17(16)22(28-27-21)26-15-8-9-19-20(11-15)29-12-24-19/h2-12H,1H3,(H,25,27)(H,26,28). The van der Waals surface area contributed by atoms with Crippen LogP contribution in [-0.2, 0) is 0 Å². The Morgan fingerprint density at radius 1 is 0.828 bits per heavy atom. The molecule has 0 spiro atoms. The van der Waals surface area contributed by atoms with Crippen LogP contribution in [0.25, 0.3) is 21.0 Å². The maximum atomic E-state index is 13.9. The average Bonchev–Trinajstić information content (AvgIpc) is 3.20. The molecule has 2 N–H and O–H groups in total. The topological polar surface area (TPSA) is 62.7 Å². The summed E-state index contributed by atoms with van der Waals surface area (Å²) in [6, 6.07) is 18.9. The van der Waals surface area contributed by atoms with E-state index in [2.05, 4.69) is 25.8 Å². The van der Waals surface area contributed by atoms with E-state index < -0.39 is 0 Å². The van der Waals surface area contributed by atoms with Crippen LogP contribution in [0.15, 0.2) is 66.2 Å². The van der Waals surface area contributed by atoms with Crippen LogP contribution in [-0.4, -0.2) is 15.2 Å². The highest BCUT2D eigenvalue weighted by Gasteiger charge is 2.11. The lowest BCUT2D eigenvalue weighted by Gasteiger charge is -2.12. The van der Waals surface area contributed by atoms with Crippen molar-refractivity contribution in [2.45, 2.75) is 6.92 Å². The second-order valence-electron chi connectivity index (χ2n) is 6.69. The first-order chi connectivity index (χ1) is 14.2. The van der Waals surface area contributed by atoms with Gasteiger partial charge in [0.2, 0.25) is 0 Å². The molecule has 0 amide bonds. The molecule has 5 nitrogen and oxygen atoms in total. The summed E-state index contributed by atoms with van der Waals surface area (Å²) in [5.74, 6) is 0.974. The Kier molecular flexibility index (Phi) is 4.29. The summed E-state index contributed by atoms with van der Waals surface area (Å²) in [6.07, 6.45) is 0. The van der Waals surface area contributed by atoms with Gasteiger partial charge >= 0.3 is 0 Å². The fraction of sp³-hybridized carbons (Fsp3) is 0.0455. The van der Waals surface area contributed by atoms with Crippen LogP contribution >= 0.6 is 11.3 Å². The number of aromatic nitrogens is 3. The molecule has 0 bridgehead atoms. The Bertz CT molecular complexity index is 1350. The van der Waals surface area contributed by atoms with E-state index in [1.165, 1.54) is 6.07 Å². The summed E-state index contributed by atoms with van der Waals surface area (Å²) in [7, 11) is 0. The third-order valence-corrected chi connectivity index (χ3v) is 5.51. The maximum Gasteiger partial charge on any atom is 0.161 e. The number of anilines is 4. The summed E-state index contributed by atoms with van der Waals surface area (Å²) in [5, 5.41) is 17.1. The monoisotopic (exact) mass is 401 g/mol. The fourth-order valence-corrected chi connectivity index (χ4v) is 3.88. The van der Waals surface area contributed by atoms with Crippen molar-refractivity contribution in [3.8, 4) is 0 Å². The molecule has 0 aliphatic heterocycles. The maximum absolute atomic E-state index is 13.9. The summed E-state index contributed by atoms with van der Waals surface area (Å²) in [5.41, 5.74) is 4.95. The zero-order chi connectivity index (χ0) is 19.8. The smallest absolute Gasteiger partial charge is 0.161 e. The van der Waals surface area contributed by atoms with E-state index in [1.807, 2.05) is 54.0 Å². The third-order valence-electron chi connectivity index (χ3n) is 4.72. The number of nitrogens with zero attached hydrogens (tertiary/aromatic N) is 3. The van der Waals surface area contributed by atoms with Gasteiger partial charge in [-0.2, -0.15) is 0 Å². The molecule has 0 saturated carbocycles. The van der Waals surface area contributed by atoms with Crippen molar-refractivity contribution < 1.29 is 4.39 Å². The van der Waals surface area contributed by atoms with Gasteiger partial charge in [0.05, 0.1) is 15.7 Å². The van der Waals surface area contributed by atoms with Gasteiger partial charge in [0.15, 0.2) is 11.6 Å². The molecule has 0 saturated heterocycles. The van der Waals surface area contributed by atoms with Gasteiger partial charge in [0.1, 0.15) is 5.82 Å². The van der Waals surface area contributed by atoms with Crippen LogP contribution in [0.3, 0.4) is 0 Å². The quantitative estimate of drug-likeness (QED) is 0.377. The Labute approximate surface area is 170 Å². The molecular formula is C22H16FN5S. The molecule has 7 heteroatoms. The lowest BCUT2D eigenvalue weighted by Crippen LogP contribution is -2.02. The number of halogens is 1. The minimum atomic E-state index is -0.260. The lowest BCUT2D eigenvalue weighted by molar-refractivity contribution is 0.619. The van der Waals surface area contributed by atoms with E-state index in [0.29, 0.717) is 22.9 Å². The van der Waals surface area contributed by atoms with E-state index in [9.17, 15) is 4.39 Å². The lowest BCUT2D eigenvalue weighted by atomic mass is 10.1. The Morgan fingerprint density at radius 3 is 2.17 bits per heavy atom. The van der Waals surface area contributed by atoms with E-state index in [1.54, 1.807) is 24.3 Å². The van der Waals surface area contributed by atoms with Crippen molar-refractivity contribution in [1.82, 2.24) is 15.2 Å². The normalized spacial score (nSPS) is 11.1. The van der Waals surface area contributed by atoms with Crippen LogP contribution in [0.1, 0.15) is 5.56 Å². The first-order valence-electron chi connectivity index (χ1n) is 9.06. The van der Waals surface area contributed by atoms with Crippen LogP contribution in [0.4, 0.5) is 27.4 Å². The molecule has 0 aliphatic rings. The summed E-state index contributed by atoms with van der Waals surface area (Å²) < 4.78 is 15.0. The summed E-state index contributed by atoms with van der Waals surface area (Å²) >= 11 is 1.59. The zero-order valence-corrected chi connectivity index (χ0v) is 16.3. The molecule has 142 valence electrons. The summed E-state index contributed by atoms with van der Waals surface area (Å²) in [6.45, 7) is 1.73. The van der Waals surface area contributed by atoms with E-state index >= 15 is 0 Å². The predicted molar refractivity (Wildman–Crippen MR) is 117 cm³/mol. The number of thiazole rings is 1. The largest absolute Gasteiger partial charge is 0.338 e. The highest BCUT2D eigenvalue weighted by atomic mass is 32.1. The van der Waals surface area contributed by atoms with Crippen molar-refractivity contribution in [3.05, 3.63) is 77.6 Å². The van der Waals surface area contributed by atoms with Crippen molar-refractivity contribution >= 4 is 55.3 Å². The fourth-order valence-electron chi connectivity index (χ4n) is 3.17. The van der Waals surface area contributed by atoms with Gasteiger partial charge in [-0.15, -0.1) is 21.5 Å². The molecule has 0 fully saturated rings. The van der Waals surface area contributed by atoms with Gasteiger partial charge in [0, 0.05) is 22.1 Å². The van der Waals surface area contributed by atoms with Gasteiger partial charge < -0.3 is 10.6 Å². The molecule has 5 rings (SSSR count). The Morgan fingerprint density at radius 2 is 1.48 bits per heavy atom. The molecule has 29 heavy (non-hydrogen) atoms. The zero-order valence-electron chi connectivity index (χ0n) is 15.5. The molecule has 0 radical (unpaired) electrons. The van der Waals surface area contributed by atoms with Crippen molar-refractivity contribution in [1.29, 1.82) is 0 Å². The highest BCUT2D eigenvalue weighted by Crippen LogP contribution is 2.31. The Hall–Kier alpha value is -3.58. The molecule has 0 unspecified atom stereocenters. The van der Waals surface area contributed by atoms with Crippen LogP contribution < -0.4 is 10.6 Å². The molecule has 2 heterocycles. The number of aryl methyl sites for hydroxylation is 1. The van der Waals surface area contributed by atoms with Crippen LogP contribution in [0, 0.1) is 12.7 Å². The Balaban J connectivity index is 1.52. The van der Waals surface area contributed by atoms with Crippen LogP contribution in [0.5, 0.6) is 0 Å². The molecular weight excluding hydrogens is 385 g/mol. The van der Waals surface area contributed by atoms with Crippen molar-refractivity contribution in [2.24, 2.45) is 0 Å². The average molecular weight is 401 g/mol. The van der Waals surface area contributed by atoms with Crippen LogP contribution in [0.2, 0.25) is 0 Å². The van der Waals surface area contributed by atoms with Gasteiger partial charge in [-0.05, 0) is 42.8 Å². The predicted octanol–water partition coefficient (Wildman–Crippen LogP) is 6.17. The number of hydrogen-bond donors (Lipinski definition) is 2. The van der Waals surface area contributed by atoms with Gasteiger partial charge in [0.25, 0.3) is 0 Å². The van der Waals surface area contributed by atoms with Gasteiger partial charge in [-0.1, -0.05) is 30.3 Å². The second-order valence-corrected chi connectivity index (χ2v) is 7.58. The van der Waals surface area contributed by atoms with E-state index in [4.69, 9.17) is 0 Å². The van der Waals surface area contributed by atoms with Gasteiger partial charge in [-0.25, -0.2) is 9.37 Å². The van der Waals surface area contributed by atoms with E-state index in [0.717, 1.165) is 26.7 Å². The number of rotatable bonds is 4. The van der Waals surface area contributed by atoms with Gasteiger partial charge in [-0.3, -0.25) is 0 Å². The molecule has 3 aromatic carbocycles. The molecule has 0 aliphatic carbocycles. The van der Waals surface area contributed by atoms with E-state index in [-0.39, 0.29) is 5.82 Å². The number of nitrogens with one attached hydrogen (secondary N) is 2. The first kappa shape index (κ1) is 17.5. The SMILES string of the molecule is Cc1ccc(Nc2nnc(Nc3ccc4ncsc4c3)c3ccccc23)cc1F. The minimum Gasteiger partial charge on any atom is -0.338 e. The molecule has 2 aromatic heterocycles. The molecule has 5 aromatic rings. The van der Waals surface area contributed by atoms with Crippen molar-refractivity contribution in [3.63, 3.8) is 0 Å². The number of fused-ring (bicyclic) bond motifs is 2. The third kappa shape index (κ3) is 3.36. The molecule has 0 atom stereocenters. The number of benzene rings is 3. The second kappa shape index (κ2) is 7.10. The van der Waals surface area contributed by atoms with Crippen molar-refractivity contribution in [2.75, 3.05) is 10.6 Å². The summed E-state index contributed by atoms with van der Waals surface area (Å²) in [4.78, 5) is 4.31. The first-order valence-corrected chi connectivity index (χ1v) is 9.94. The minimum absolute atomic E-state index is 0.260. The highest BCUT2D eigenvalue weighted by molar-refractivity contribution is 7.16. The number of hydrogen-bond acceptors (Lipinski definition) is 6.